The Morgan fingerprint density at radius 2 is 1.79 bits per heavy atom. The van der Waals surface area contributed by atoms with E-state index in [1.165, 1.54) is 17.0 Å². The number of β-amino-alcohol motifs (C(OH)–C–C–N with tert-alkyl or cyclic N) is 1. The molecule has 0 aromatic carbocycles. The van der Waals surface area contributed by atoms with Crippen molar-refractivity contribution in [1.82, 2.24) is 20.2 Å². The zero-order valence-corrected chi connectivity index (χ0v) is 17.5. The molecule has 0 amide bonds. The van der Waals surface area contributed by atoms with Crippen molar-refractivity contribution in [2.45, 2.75) is 76.8 Å². The fourth-order valence-corrected chi connectivity index (χ4v) is 2.69. The van der Waals surface area contributed by atoms with E-state index in [-0.39, 0.29) is 32.0 Å². The number of aliphatic hydroxyl groups excluding tert-OH is 1. The lowest BCUT2D eigenvalue weighted by Crippen LogP contribution is -2.55. The van der Waals surface area contributed by atoms with Crippen molar-refractivity contribution >= 4 is 5.95 Å². The minimum absolute atomic E-state index is 0.191. The topological polar surface area (TPSA) is 164 Å². The third-order valence-electron chi connectivity index (χ3n) is 5.25. The van der Waals surface area contributed by atoms with Gasteiger partial charge < -0.3 is 25.9 Å². The Labute approximate surface area is 169 Å². The smallest absolute Gasteiger partial charge is 0.390 e. The second-order valence-corrected chi connectivity index (χ2v) is 8.23. The van der Waals surface area contributed by atoms with E-state index < -0.39 is 34.2 Å². The summed E-state index contributed by atoms with van der Waals surface area (Å²) < 4.78 is 1.36. The quantitative estimate of drug-likeness (QED) is 0.235. The number of nitro groups is 1. The Bertz CT molecular complexity index is 691. The fourth-order valence-electron chi connectivity index (χ4n) is 2.69. The summed E-state index contributed by atoms with van der Waals surface area (Å²) in [6.45, 7) is 9.54. The summed E-state index contributed by atoms with van der Waals surface area (Å²) >= 11 is 0. The first kappa shape index (κ1) is 24.7. The molecule has 0 spiro atoms. The largest absolute Gasteiger partial charge is 0.434 e. The molecule has 0 fully saturated rings. The van der Waals surface area contributed by atoms with Gasteiger partial charge in [-0.25, -0.2) is 4.57 Å². The van der Waals surface area contributed by atoms with Crippen molar-refractivity contribution < 1.29 is 10.0 Å². The molecule has 0 radical (unpaired) electrons. The third kappa shape index (κ3) is 7.22. The Balaban J connectivity index is 2.57. The molecule has 0 bridgehead atoms. The Kier molecular flexibility index (Phi) is 8.92. The van der Waals surface area contributed by atoms with Crippen LogP contribution in [-0.4, -0.2) is 61.9 Å². The molecule has 1 aromatic heterocycles. The van der Waals surface area contributed by atoms with Crippen LogP contribution in [0.1, 0.15) is 41.0 Å². The van der Waals surface area contributed by atoms with E-state index in [1.54, 1.807) is 20.8 Å². The first-order chi connectivity index (χ1) is 13.4. The van der Waals surface area contributed by atoms with Gasteiger partial charge in [0.2, 0.25) is 0 Å². The third-order valence-corrected chi connectivity index (χ3v) is 5.25. The molecular weight excluding hydrogens is 382 g/mol. The number of imidazole rings is 1. The van der Waals surface area contributed by atoms with Crippen molar-refractivity contribution in [2.24, 2.45) is 10.4 Å². The minimum Gasteiger partial charge on any atom is -0.390 e. The second kappa shape index (κ2) is 10.5. The lowest BCUT2D eigenvalue weighted by Gasteiger charge is -2.33. The van der Waals surface area contributed by atoms with Crippen LogP contribution in [0.25, 0.3) is 0 Å². The van der Waals surface area contributed by atoms with Gasteiger partial charge in [0.1, 0.15) is 24.5 Å². The summed E-state index contributed by atoms with van der Waals surface area (Å²) in [5.74, 6) is -0.288. The Morgan fingerprint density at radius 3 is 2.31 bits per heavy atom. The Morgan fingerprint density at radius 1 is 1.21 bits per heavy atom. The highest BCUT2D eigenvalue weighted by Crippen LogP contribution is 2.19. The zero-order valence-electron chi connectivity index (χ0n) is 17.5. The van der Waals surface area contributed by atoms with Gasteiger partial charge in [0.15, 0.2) is 0 Å². The molecule has 12 heteroatoms. The summed E-state index contributed by atoms with van der Waals surface area (Å²) in [5.41, 5.74) is -1.31. The minimum atomic E-state index is -0.769. The molecular formula is C17H31N7O5. The van der Waals surface area contributed by atoms with Crippen LogP contribution in [0.3, 0.4) is 0 Å². The van der Waals surface area contributed by atoms with Crippen LogP contribution in [0.4, 0.5) is 5.95 Å². The van der Waals surface area contributed by atoms with Crippen molar-refractivity contribution in [1.29, 1.82) is 0 Å². The molecule has 3 N–H and O–H groups in total. The number of aliphatic hydroxyl groups is 1. The average molecular weight is 413 g/mol. The van der Waals surface area contributed by atoms with E-state index in [2.05, 4.69) is 26.0 Å². The van der Waals surface area contributed by atoms with Crippen molar-refractivity contribution in [3.05, 3.63) is 32.3 Å². The Hall–Kier alpha value is -2.31. The number of nitrogens with one attached hydrogen (secondary N) is 2. The molecule has 1 rings (SSSR count). The predicted octanol–water partition coefficient (Wildman–Crippen LogP) is 1.57. The molecule has 3 atom stereocenters. The lowest BCUT2D eigenvalue weighted by molar-refractivity contribution is -0.396. The summed E-state index contributed by atoms with van der Waals surface area (Å²) in [6.07, 6.45) is 2.31. The van der Waals surface area contributed by atoms with Crippen LogP contribution in [-0.2, 0) is 6.54 Å². The van der Waals surface area contributed by atoms with Crippen molar-refractivity contribution in [3.8, 4) is 0 Å². The molecule has 0 aliphatic rings. The van der Waals surface area contributed by atoms with E-state index in [0.717, 1.165) is 0 Å². The van der Waals surface area contributed by atoms with Gasteiger partial charge in [-0.2, -0.15) is 9.81 Å². The molecule has 1 aromatic rings. The number of nitroso groups, excluding NO2 is 2. The normalized spacial score (nSPS) is 15.5. The SMILES string of the molecule is CC(N=O)C(C)(C)NCC(O)CNC(C)(C)C(CCn1ccnc1[N+](=O)[O-])N=O. The highest BCUT2D eigenvalue weighted by Gasteiger charge is 2.32. The number of hydrogen-bond donors (Lipinski definition) is 3. The van der Waals surface area contributed by atoms with Gasteiger partial charge >= 0.3 is 5.95 Å². The average Bonchev–Trinajstić information content (AvgIpc) is 3.13. The van der Waals surface area contributed by atoms with Gasteiger partial charge in [0.05, 0.1) is 12.6 Å². The highest BCUT2D eigenvalue weighted by molar-refractivity contribution is 5.06. The summed E-state index contributed by atoms with van der Waals surface area (Å²) in [6, 6.07) is -1.14. The number of hydrogen-bond acceptors (Lipinski definition) is 10. The highest BCUT2D eigenvalue weighted by atomic mass is 16.6. The van der Waals surface area contributed by atoms with Crippen molar-refractivity contribution in [3.63, 3.8) is 0 Å². The molecule has 3 unspecified atom stereocenters. The van der Waals surface area contributed by atoms with Gasteiger partial charge in [0.25, 0.3) is 0 Å². The molecule has 0 aliphatic heterocycles. The molecule has 0 saturated carbocycles. The molecule has 12 nitrogen and oxygen atoms in total. The van der Waals surface area contributed by atoms with Crippen LogP contribution in [0.15, 0.2) is 22.7 Å². The maximum atomic E-state index is 11.4. The maximum Gasteiger partial charge on any atom is 0.434 e. The second-order valence-electron chi connectivity index (χ2n) is 8.23. The van der Waals surface area contributed by atoms with Gasteiger partial charge in [-0.15, -0.1) is 0 Å². The summed E-state index contributed by atoms with van der Waals surface area (Å²) in [5, 5.41) is 33.6. The number of aromatic nitrogens is 2. The monoisotopic (exact) mass is 413 g/mol. The summed E-state index contributed by atoms with van der Waals surface area (Å²) in [7, 11) is 0. The van der Waals surface area contributed by atoms with Crippen LogP contribution < -0.4 is 10.6 Å². The van der Waals surface area contributed by atoms with Gasteiger partial charge in [0, 0.05) is 30.6 Å². The van der Waals surface area contributed by atoms with Crippen LogP contribution in [0.5, 0.6) is 0 Å². The van der Waals surface area contributed by atoms with Crippen molar-refractivity contribution in [2.75, 3.05) is 13.1 Å². The molecule has 0 saturated heterocycles. The van der Waals surface area contributed by atoms with E-state index in [0.29, 0.717) is 0 Å². The van der Waals surface area contributed by atoms with Crippen LogP contribution in [0, 0.1) is 19.9 Å². The standard InChI is InChI=1S/C17H31N7O5/c1-12(21-26)16(2,3)19-10-13(25)11-20-17(4,5)14(22-27)6-8-23-9-7-18-15(23)24(28)29/h7,9,12-14,19-20,25H,6,8,10-11H2,1-5H3. The van der Waals surface area contributed by atoms with E-state index >= 15 is 0 Å². The van der Waals surface area contributed by atoms with Crippen LogP contribution >= 0.6 is 0 Å². The maximum absolute atomic E-state index is 11.4. The van der Waals surface area contributed by atoms with E-state index in [1.807, 2.05) is 13.8 Å². The van der Waals surface area contributed by atoms with Gasteiger partial charge in [-0.05, 0) is 39.5 Å². The number of rotatable bonds is 14. The zero-order chi connectivity index (χ0) is 22.2. The van der Waals surface area contributed by atoms with Gasteiger partial charge in [-0.1, -0.05) is 15.3 Å². The number of aryl methyl sites for hydroxylation is 1. The predicted molar refractivity (Wildman–Crippen MR) is 109 cm³/mol. The van der Waals surface area contributed by atoms with Gasteiger partial charge in [-0.3, -0.25) is 0 Å². The lowest BCUT2D eigenvalue weighted by atomic mass is 9.92. The number of nitrogens with zero attached hydrogens (tertiary/aromatic N) is 5. The fraction of sp³-hybridized carbons (Fsp3) is 0.824. The first-order valence-corrected chi connectivity index (χ1v) is 9.43. The first-order valence-electron chi connectivity index (χ1n) is 9.43. The molecule has 1 heterocycles. The van der Waals surface area contributed by atoms with E-state index in [4.69, 9.17) is 0 Å². The summed E-state index contributed by atoms with van der Waals surface area (Å²) in [4.78, 5) is 36.1. The molecule has 29 heavy (non-hydrogen) atoms. The molecule has 0 aliphatic carbocycles. The van der Waals surface area contributed by atoms with E-state index in [9.17, 15) is 25.0 Å². The molecule has 164 valence electrons. The van der Waals surface area contributed by atoms with Crippen LogP contribution in [0.2, 0.25) is 0 Å².